The quantitative estimate of drug-likeness (QED) is 0.738. The first-order valence-electron chi connectivity index (χ1n) is 8.66. The molecule has 2 aromatic rings. The predicted molar refractivity (Wildman–Crippen MR) is 102 cm³/mol. The summed E-state index contributed by atoms with van der Waals surface area (Å²) in [4.78, 5) is 16.3. The monoisotopic (exact) mass is 340 g/mol. The van der Waals surface area contributed by atoms with Crippen molar-refractivity contribution < 1.29 is 9.53 Å². The molecule has 0 atom stereocenters. The molecule has 4 heteroatoms. The van der Waals surface area contributed by atoms with E-state index in [2.05, 4.69) is 11.8 Å². The van der Waals surface area contributed by atoms with Gasteiger partial charge in [0.15, 0.2) is 0 Å². The lowest BCUT2D eigenvalue weighted by Crippen LogP contribution is -2.36. The second-order valence-corrected chi connectivity index (χ2v) is 6.56. The molecule has 4 nitrogen and oxygen atoms in total. The SMILES string of the molecule is Cc1ccc(OCCN(C)CCN(C)C(=O)c2ccc(C)cc2)cc1. The van der Waals surface area contributed by atoms with E-state index >= 15 is 0 Å². The number of likely N-dealkylation sites (N-methyl/N-ethyl adjacent to an activating group) is 2. The molecule has 25 heavy (non-hydrogen) atoms. The molecule has 0 aliphatic rings. The summed E-state index contributed by atoms with van der Waals surface area (Å²) in [5.41, 5.74) is 3.12. The summed E-state index contributed by atoms with van der Waals surface area (Å²) in [7, 11) is 3.89. The summed E-state index contributed by atoms with van der Waals surface area (Å²) < 4.78 is 5.74. The Kier molecular flexibility index (Phi) is 7.02. The first-order valence-corrected chi connectivity index (χ1v) is 8.66. The van der Waals surface area contributed by atoms with Crippen molar-refractivity contribution in [1.82, 2.24) is 9.80 Å². The number of carbonyl (C=O) groups excluding carboxylic acids is 1. The minimum absolute atomic E-state index is 0.0595. The molecule has 0 saturated heterocycles. The standard InChI is InChI=1S/C21H28N2O2/c1-17-5-9-19(10-6-17)21(24)23(4)14-13-22(3)15-16-25-20-11-7-18(2)8-12-20/h5-12H,13-16H2,1-4H3. The van der Waals surface area contributed by atoms with Gasteiger partial charge in [-0.2, -0.15) is 0 Å². The van der Waals surface area contributed by atoms with Crippen molar-refractivity contribution >= 4 is 5.91 Å². The third kappa shape index (κ3) is 6.24. The van der Waals surface area contributed by atoms with E-state index in [0.29, 0.717) is 13.2 Å². The number of benzene rings is 2. The number of ether oxygens (including phenoxy) is 1. The average molecular weight is 340 g/mol. The molecule has 2 rings (SSSR count). The van der Waals surface area contributed by atoms with Gasteiger partial charge in [0.25, 0.3) is 5.91 Å². The van der Waals surface area contributed by atoms with E-state index in [1.54, 1.807) is 4.90 Å². The van der Waals surface area contributed by atoms with Crippen LogP contribution in [0.1, 0.15) is 21.5 Å². The van der Waals surface area contributed by atoms with Crippen molar-refractivity contribution in [3.05, 3.63) is 65.2 Å². The van der Waals surface area contributed by atoms with E-state index in [0.717, 1.165) is 30.0 Å². The van der Waals surface area contributed by atoms with Gasteiger partial charge in [-0.15, -0.1) is 0 Å². The minimum Gasteiger partial charge on any atom is -0.492 e. The van der Waals surface area contributed by atoms with E-state index in [-0.39, 0.29) is 5.91 Å². The summed E-state index contributed by atoms with van der Waals surface area (Å²) >= 11 is 0. The molecule has 0 saturated carbocycles. The van der Waals surface area contributed by atoms with Gasteiger partial charge in [-0.25, -0.2) is 0 Å². The van der Waals surface area contributed by atoms with Gasteiger partial charge in [0.05, 0.1) is 0 Å². The molecule has 0 bridgehead atoms. The highest BCUT2D eigenvalue weighted by Gasteiger charge is 2.11. The van der Waals surface area contributed by atoms with Gasteiger partial charge in [0, 0.05) is 32.2 Å². The highest BCUT2D eigenvalue weighted by atomic mass is 16.5. The van der Waals surface area contributed by atoms with Crippen molar-refractivity contribution in [2.45, 2.75) is 13.8 Å². The van der Waals surface area contributed by atoms with Gasteiger partial charge < -0.3 is 14.5 Å². The van der Waals surface area contributed by atoms with Gasteiger partial charge in [-0.1, -0.05) is 35.4 Å². The summed E-state index contributed by atoms with van der Waals surface area (Å²) in [6, 6.07) is 15.8. The maximum absolute atomic E-state index is 12.4. The zero-order valence-electron chi connectivity index (χ0n) is 15.7. The lowest BCUT2D eigenvalue weighted by atomic mass is 10.1. The molecular weight excluding hydrogens is 312 g/mol. The van der Waals surface area contributed by atoms with Crippen LogP contribution in [0.3, 0.4) is 0 Å². The van der Waals surface area contributed by atoms with Crippen molar-refractivity contribution in [1.29, 1.82) is 0 Å². The maximum Gasteiger partial charge on any atom is 0.253 e. The van der Waals surface area contributed by atoms with Crippen molar-refractivity contribution in [3.63, 3.8) is 0 Å². The lowest BCUT2D eigenvalue weighted by molar-refractivity contribution is 0.0780. The van der Waals surface area contributed by atoms with Crippen LogP contribution in [0.5, 0.6) is 5.75 Å². The van der Waals surface area contributed by atoms with Crippen LogP contribution < -0.4 is 4.74 Å². The number of aryl methyl sites for hydroxylation is 2. The second kappa shape index (κ2) is 9.23. The number of amides is 1. The van der Waals surface area contributed by atoms with Gasteiger partial charge in [0.2, 0.25) is 0 Å². The van der Waals surface area contributed by atoms with Crippen LogP contribution in [-0.4, -0.2) is 56.0 Å². The number of hydrogen-bond acceptors (Lipinski definition) is 3. The maximum atomic E-state index is 12.4. The molecule has 0 radical (unpaired) electrons. The minimum atomic E-state index is 0.0595. The molecule has 134 valence electrons. The first-order chi connectivity index (χ1) is 12.0. The van der Waals surface area contributed by atoms with Crippen molar-refractivity contribution in [2.75, 3.05) is 40.3 Å². The van der Waals surface area contributed by atoms with Crippen LogP contribution in [0, 0.1) is 13.8 Å². The fourth-order valence-corrected chi connectivity index (χ4v) is 2.40. The summed E-state index contributed by atoms with van der Waals surface area (Å²) in [6.07, 6.45) is 0. The predicted octanol–water partition coefficient (Wildman–Crippen LogP) is 3.39. The molecule has 0 N–H and O–H groups in total. The van der Waals surface area contributed by atoms with Crippen LogP contribution in [0.15, 0.2) is 48.5 Å². The van der Waals surface area contributed by atoms with E-state index in [9.17, 15) is 4.79 Å². The summed E-state index contributed by atoms with van der Waals surface area (Å²) in [6.45, 7) is 7.03. The third-order valence-corrected chi connectivity index (χ3v) is 4.23. The molecule has 2 aromatic carbocycles. The highest BCUT2D eigenvalue weighted by Crippen LogP contribution is 2.11. The molecule has 0 aliphatic heterocycles. The molecular formula is C21H28N2O2. The van der Waals surface area contributed by atoms with Crippen LogP contribution in [0.25, 0.3) is 0 Å². The smallest absolute Gasteiger partial charge is 0.253 e. The van der Waals surface area contributed by atoms with Gasteiger partial charge in [-0.3, -0.25) is 4.79 Å². The zero-order chi connectivity index (χ0) is 18.2. The molecule has 0 spiro atoms. The number of rotatable bonds is 8. The normalized spacial score (nSPS) is 10.8. The average Bonchev–Trinajstić information content (AvgIpc) is 2.61. The second-order valence-electron chi connectivity index (χ2n) is 6.56. The largest absolute Gasteiger partial charge is 0.492 e. The number of carbonyl (C=O) groups is 1. The molecule has 0 aromatic heterocycles. The first kappa shape index (κ1) is 19.0. The Labute approximate surface area is 151 Å². The van der Waals surface area contributed by atoms with E-state index in [4.69, 9.17) is 4.74 Å². The molecule has 0 fully saturated rings. The van der Waals surface area contributed by atoms with Crippen molar-refractivity contribution in [3.8, 4) is 5.75 Å². The zero-order valence-corrected chi connectivity index (χ0v) is 15.7. The lowest BCUT2D eigenvalue weighted by Gasteiger charge is -2.22. The van der Waals surface area contributed by atoms with Gasteiger partial charge in [0.1, 0.15) is 12.4 Å². The summed E-state index contributed by atoms with van der Waals surface area (Å²) in [5.74, 6) is 0.954. The molecule has 0 heterocycles. The number of nitrogens with zero attached hydrogens (tertiary/aromatic N) is 2. The van der Waals surface area contributed by atoms with Crippen LogP contribution in [0.2, 0.25) is 0 Å². The van der Waals surface area contributed by atoms with Crippen LogP contribution in [-0.2, 0) is 0 Å². The Balaban J connectivity index is 1.69. The Morgan fingerprint density at radius 1 is 0.840 bits per heavy atom. The highest BCUT2D eigenvalue weighted by molar-refractivity contribution is 5.94. The van der Waals surface area contributed by atoms with Gasteiger partial charge in [-0.05, 0) is 45.2 Å². The summed E-state index contributed by atoms with van der Waals surface area (Å²) in [5, 5.41) is 0. The molecule has 0 unspecified atom stereocenters. The topological polar surface area (TPSA) is 32.8 Å². The number of hydrogen-bond donors (Lipinski definition) is 0. The Hall–Kier alpha value is -2.33. The fourth-order valence-electron chi connectivity index (χ4n) is 2.40. The Morgan fingerprint density at radius 2 is 1.40 bits per heavy atom. The van der Waals surface area contributed by atoms with Crippen LogP contribution in [0.4, 0.5) is 0 Å². The Morgan fingerprint density at radius 3 is 2.00 bits per heavy atom. The van der Waals surface area contributed by atoms with E-state index in [1.807, 2.05) is 69.6 Å². The third-order valence-electron chi connectivity index (χ3n) is 4.23. The molecule has 0 aliphatic carbocycles. The van der Waals surface area contributed by atoms with E-state index < -0.39 is 0 Å². The van der Waals surface area contributed by atoms with E-state index in [1.165, 1.54) is 5.56 Å². The van der Waals surface area contributed by atoms with Crippen LogP contribution >= 0.6 is 0 Å². The van der Waals surface area contributed by atoms with Crippen molar-refractivity contribution in [2.24, 2.45) is 0 Å². The fraction of sp³-hybridized carbons (Fsp3) is 0.381. The Bertz CT molecular complexity index is 665. The molecule has 1 amide bonds. The van der Waals surface area contributed by atoms with Gasteiger partial charge >= 0.3 is 0 Å².